The van der Waals surface area contributed by atoms with E-state index in [0.717, 1.165) is 42.4 Å². The molecule has 162 valence electrons. The van der Waals surface area contributed by atoms with Crippen LogP contribution in [0.25, 0.3) is 0 Å². The summed E-state index contributed by atoms with van der Waals surface area (Å²) in [5.74, 6) is 0.181. The Kier molecular flexibility index (Phi) is 6.02. The Labute approximate surface area is 182 Å². The van der Waals surface area contributed by atoms with E-state index in [9.17, 15) is 14.4 Å². The Hall–Kier alpha value is -2.12. The van der Waals surface area contributed by atoms with Crippen molar-refractivity contribution < 1.29 is 14.4 Å². The molecule has 0 unspecified atom stereocenters. The van der Waals surface area contributed by atoms with Gasteiger partial charge in [0.25, 0.3) is 5.91 Å². The predicted molar refractivity (Wildman–Crippen MR) is 114 cm³/mol. The number of hydrogen-bond donors (Lipinski definition) is 1. The van der Waals surface area contributed by atoms with Crippen LogP contribution in [0.3, 0.4) is 0 Å². The highest BCUT2D eigenvalue weighted by Crippen LogP contribution is 2.36. The number of carbonyl (C=O) groups excluding carboxylic acids is 3. The van der Waals surface area contributed by atoms with Gasteiger partial charge in [-0.3, -0.25) is 19.4 Å². The summed E-state index contributed by atoms with van der Waals surface area (Å²) in [5.41, 5.74) is 0.395. The van der Waals surface area contributed by atoms with Gasteiger partial charge in [-0.05, 0) is 49.3 Å². The maximum absolute atomic E-state index is 13.0. The summed E-state index contributed by atoms with van der Waals surface area (Å²) in [5, 5.41) is 3.61. The molecule has 1 aromatic rings. The minimum atomic E-state index is -0.791. The molecule has 30 heavy (non-hydrogen) atoms. The van der Waals surface area contributed by atoms with Gasteiger partial charge in [0, 0.05) is 37.7 Å². The van der Waals surface area contributed by atoms with Gasteiger partial charge in [-0.15, -0.1) is 0 Å². The first-order chi connectivity index (χ1) is 14.4. The number of nitrogens with one attached hydrogen (secondary N) is 1. The highest BCUT2D eigenvalue weighted by atomic mass is 35.5. The van der Waals surface area contributed by atoms with Gasteiger partial charge in [-0.1, -0.05) is 30.7 Å². The Morgan fingerprint density at radius 1 is 1.10 bits per heavy atom. The quantitative estimate of drug-likeness (QED) is 0.742. The normalized spacial score (nSPS) is 27.6. The molecule has 3 fully saturated rings. The van der Waals surface area contributed by atoms with Crippen LogP contribution >= 0.6 is 11.6 Å². The Balaban J connectivity index is 1.29. The van der Waals surface area contributed by atoms with E-state index in [4.69, 9.17) is 11.6 Å². The van der Waals surface area contributed by atoms with Crippen LogP contribution in [0.4, 0.5) is 4.79 Å². The van der Waals surface area contributed by atoms with E-state index in [1.54, 1.807) is 4.90 Å². The third-order valence-electron chi connectivity index (χ3n) is 6.71. The molecule has 1 saturated carbocycles. The zero-order valence-electron chi connectivity index (χ0n) is 17.4. The number of halogens is 1. The molecule has 1 spiro atoms. The Morgan fingerprint density at radius 3 is 2.37 bits per heavy atom. The van der Waals surface area contributed by atoms with E-state index in [1.807, 2.05) is 24.3 Å². The van der Waals surface area contributed by atoms with Gasteiger partial charge in [0.15, 0.2) is 0 Å². The summed E-state index contributed by atoms with van der Waals surface area (Å²) in [7, 11) is 0. The molecule has 0 aromatic heterocycles. The van der Waals surface area contributed by atoms with E-state index in [1.165, 1.54) is 5.56 Å². The van der Waals surface area contributed by atoms with Gasteiger partial charge in [0.05, 0.1) is 0 Å². The van der Waals surface area contributed by atoms with Crippen molar-refractivity contribution in [3.05, 3.63) is 34.9 Å². The zero-order valence-corrected chi connectivity index (χ0v) is 18.2. The van der Waals surface area contributed by atoms with E-state index in [0.29, 0.717) is 31.8 Å². The third kappa shape index (κ3) is 4.32. The molecule has 0 radical (unpaired) electrons. The van der Waals surface area contributed by atoms with Gasteiger partial charge in [0.1, 0.15) is 12.1 Å². The second-order valence-corrected chi connectivity index (χ2v) is 9.31. The number of piperazine rings is 1. The number of amides is 4. The van der Waals surface area contributed by atoms with Crippen molar-refractivity contribution in [3.63, 3.8) is 0 Å². The molecular formula is C22H29ClN4O3. The largest absolute Gasteiger partial charge is 0.339 e. The van der Waals surface area contributed by atoms with Crippen molar-refractivity contribution in [1.82, 2.24) is 20.0 Å². The minimum Gasteiger partial charge on any atom is -0.339 e. The molecule has 0 atom stereocenters. The summed E-state index contributed by atoms with van der Waals surface area (Å²) < 4.78 is 0. The van der Waals surface area contributed by atoms with Crippen molar-refractivity contribution in [2.24, 2.45) is 5.92 Å². The van der Waals surface area contributed by atoms with Crippen molar-refractivity contribution in [3.8, 4) is 0 Å². The minimum absolute atomic E-state index is 0.161. The van der Waals surface area contributed by atoms with Crippen LogP contribution in [0, 0.1) is 5.92 Å². The van der Waals surface area contributed by atoms with Crippen LogP contribution in [0.5, 0.6) is 0 Å². The molecule has 4 rings (SSSR count). The molecule has 2 saturated heterocycles. The Bertz CT molecular complexity index is 812. The average molecular weight is 433 g/mol. The maximum atomic E-state index is 13.0. The molecular weight excluding hydrogens is 404 g/mol. The van der Waals surface area contributed by atoms with Crippen molar-refractivity contribution in [2.45, 2.75) is 44.7 Å². The van der Waals surface area contributed by atoms with Crippen molar-refractivity contribution in [1.29, 1.82) is 0 Å². The standard InChI is InChI=1S/C22H29ClN4O3/c1-16-6-8-22(9-7-16)20(29)27(21(30)24-22)15-19(28)26-12-10-25(11-13-26)14-17-2-4-18(23)5-3-17/h2-5,16H,6-15H2,1H3,(H,24,30). The molecule has 3 aliphatic rings. The molecule has 1 aromatic carbocycles. The predicted octanol–water partition coefficient (Wildman–Crippen LogP) is 2.48. The molecule has 1 aliphatic carbocycles. The fourth-order valence-electron chi connectivity index (χ4n) is 4.65. The Morgan fingerprint density at radius 2 is 1.73 bits per heavy atom. The molecule has 8 heteroatoms. The summed E-state index contributed by atoms with van der Waals surface area (Å²) in [4.78, 5) is 43.4. The lowest BCUT2D eigenvalue weighted by Crippen LogP contribution is -2.52. The summed E-state index contributed by atoms with van der Waals surface area (Å²) in [6.45, 7) is 5.53. The highest BCUT2D eigenvalue weighted by molar-refractivity contribution is 6.30. The number of benzene rings is 1. The molecule has 1 N–H and O–H groups in total. The van der Waals surface area contributed by atoms with E-state index < -0.39 is 11.6 Å². The van der Waals surface area contributed by atoms with Crippen LogP contribution < -0.4 is 5.32 Å². The molecule has 2 heterocycles. The molecule has 2 aliphatic heterocycles. The second-order valence-electron chi connectivity index (χ2n) is 8.87. The third-order valence-corrected chi connectivity index (χ3v) is 6.96. The maximum Gasteiger partial charge on any atom is 0.325 e. The smallest absolute Gasteiger partial charge is 0.325 e. The number of hydrogen-bond acceptors (Lipinski definition) is 4. The van der Waals surface area contributed by atoms with Gasteiger partial charge < -0.3 is 10.2 Å². The first-order valence-electron chi connectivity index (χ1n) is 10.7. The number of carbonyl (C=O) groups is 3. The molecule has 7 nitrogen and oxygen atoms in total. The van der Waals surface area contributed by atoms with Crippen molar-refractivity contribution in [2.75, 3.05) is 32.7 Å². The fourth-order valence-corrected chi connectivity index (χ4v) is 4.78. The van der Waals surface area contributed by atoms with Crippen LogP contribution in [0.1, 0.15) is 38.2 Å². The van der Waals surface area contributed by atoms with Crippen LogP contribution in [-0.4, -0.2) is 70.8 Å². The monoisotopic (exact) mass is 432 g/mol. The lowest BCUT2D eigenvalue weighted by Gasteiger charge is -2.35. The summed E-state index contributed by atoms with van der Waals surface area (Å²) >= 11 is 5.94. The van der Waals surface area contributed by atoms with Crippen molar-refractivity contribution >= 4 is 29.4 Å². The van der Waals surface area contributed by atoms with Crippen LogP contribution in [0.15, 0.2) is 24.3 Å². The lowest BCUT2D eigenvalue weighted by atomic mass is 9.77. The van der Waals surface area contributed by atoms with Gasteiger partial charge >= 0.3 is 6.03 Å². The first-order valence-corrected chi connectivity index (χ1v) is 11.1. The van der Waals surface area contributed by atoms with E-state index >= 15 is 0 Å². The summed E-state index contributed by atoms with van der Waals surface area (Å²) in [6.07, 6.45) is 3.16. The molecule has 4 amide bonds. The number of rotatable bonds is 4. The fraction of sp³-hybridized carbons (Fsp3) is 0.591. The molecule has 0 bridgehead atoms. The second kappa shape index (κ2) is 8.55. The zero-order chi connectivity index (χ0) is 21.3. The van der Waals surface area contributed by atoms with Crippen LogP contribution in [-0.2, 0) is 16.1 Å². The highest BCUT2D eigenvalue weighted by Gasteiger charge is 2.52. The lowest BCUT2D eigenvalue weighted by molar-refractivity contribution is -0.140. The van der Waals surface area contributed by atoms with E-state index in [2.05, 4.69) is 17.1 Å². The topological polar surface area (TPSA) is 73.0 Å². The number of urea groups is 1. The van der Waals surface area contributed by atoms with Gasteiger partial charge in [-0.25, -0.2) is 4.79 Å². The SMILES string of the molecule is CC1CCC2(CC1)NC(=O)N(CC(=O)N1CCN(Cc3ccc(Cl)cc3)CC1)C2=O. The number of nitrogens with zero attached hydrogens (tertiary/aromatic N) is 3. The van der Waals surface area contributed by atoms with Crippen LogP contribution in [0.2, 0.25) is 5.02 Å². The summed E-state index contributed by atoms with van der Waals surface area (Å²) in [6, 6.07) is 7.37. The van der Waals surface area contributed by atoms with Gasteiger partial charge in [-0.2, -0.15) is 0 Å². The first kappa shape index (κ1) is 21.1. The van der Waals surface area contributed by atoms with Gasteiger partial charge in [0.2, 0.25) is 5.91 Å². The average Bonchev–Trinajstić information content (AvgIpc) is 2.96. The van der Waals surface area contributed by atoms with E-state index in [-0.39, 0.29) is 18.4 Å². The number of imide groups is 1.